The van der Waals surface area contributed by atoms with Crippen LogP contribution >= 0.6 is 35.0 Å². The van der Waals surface area contributed by atoms with Crippen LogP contribution in [0.15, 0.2) is 23.1 Å². The zero-order valence-electron chi connectivity index (χ0n) is 11.4. The van der Waals surface area contributed by atoms with Gasteiger partial charge < -0.3 is 10.6 Å². The summed E-state index contributed by atoms with van der Waals surface area (Å²) in [6.45, 7) is 4.27. The highest BCUT2D eigenvalue weighted by Crippen LogP contribution is 2.32. The number of benzene rings is 1. The number of carbonyl (C=O) groups excluding carboxylic acids is 1. The maximum atomic E-state index is 12.2. The fraction of sp³-hybridized carbons (Fsp3) is 0.500. The average molecular weight is 333 g/mol. The highest BCUT2D eigenvalue weighted by atomic mass is 35.5. The van der Waals surface area contributed by atoms with Crippen molar-refractivity contribution >= 4 is 40.9 Å². The molecule has 2 N–H and O–H groups in total. The van der Waals surface area contributed by atoms with Crippen molar-refractivity contribution < 1.29 is 4.79 Å². The average Bonchev–Trinajstić information content (AvgIpc) is 2.83. The van der Waals surface area contributed by atoms with Crippen LogP contribution in [0.25, 0.3) is 0 Å². The molecule has 1 aromatic rings. The summed E-state index contributed by atoms with van der Waals surface area (Å²) < 4.78 is 0. The molecule has 20 heavy (non-hydrogen) atoms. The van der Waals surface area contributed by atoms with Crippen molar-refractivity contribution in [3.63, 3.8) is 0 Å². The van der Waals surface area contributed by atoms with Crippen molar-refractivity contribution in [2.24, 2.45) is 11.1 Å². The third-order valence-corrected chi connectivity index (χ3v) is 5.36. The Kier molecular flexibility index (Phi) is 5.24. The van der Waals surface area contributed by atoms with E-state index in [0.29, 0.717) is 22.3 Å². The van der Waals surface area contributed by atoms with Crippen LogP contribution in [-0.4, -0.2) is 36.2 Å². The van der Waals surface area contributed by atoms with Gasteiger partial charge in [-0.15, -0.1) is 11.8 Å². The zero-order chi connectivity index (χ0) is 14.8. The molecule has 0 radical (unpaired) electrons. The first kappa shape index (κ1) is 16.0. The molecule has 1 saturated heterocycles. The molecule has 1 amide bonds. The number of carbonyl (C=O) groups is 1. The van der Waals surface area contributed by atoms with Gasteiger partial charge in [-0.2, -0.15) is 0 Å². The molecule has 0 saturated carbocycles. The molecule has 2 rings (SSSR count). The van der Waals surface area contributed by atoms with Gasteiger partial charge in [-0.05, 0) is 36.6 Å². The second kappa shape index (κ2) is 6.56. The molecule has 1 unspecified atom stereocenters. The lowest BCUT2D eigenvalue weighted by molar-refractivity contribution is -0.127. The Morgan fingerprint density at radius 2 is 2.25 bits per heavy atom. The normalized spacial score (nSPS) is 22.3. The minimum Gasteiger partial charge on any atom is -0.341 e. The molecule has 110 valence electrons. The number of hydrogen-bond donors (Lipinski definition) is 1. The minimum absolute atomic E-state index is 0.0635. The molecular formula is C14H18Cl2N2OS. The van der Waals surface area contributed by atoms with Crippen LogP contribution in [0, 0.1) is 5.41 Å². The Morgan fingerprint density at radius 1 is 1.50 bits per heavy atom. The molecule has 1 aliphatic heterocycles. The van der Waals surface area contributed by atoms with Gasteiger partial charge in [0.2, 0.25) is 5.91 Å². The Balaban J connectivity index is 1.91. The van der Waals surface area contributed by atoms with Crippen LogP contribution < -0.4 is 5.73 Å². The Bertz CT molecular complexity index is 512. The van der Waals surface area contributed by atoms with E-state index in [-0.39, 0.29) is 11.3 Å². The lowest BCUT2D eigenvalue weighted by Crippen LogP contribution is -2.35. The molecule has 3 nitrogen and oxygen atoms in total. The second-order valence-corrected chi connectivity index (χ2v) is 7.30. The number of thioether (sulfide) groups is 1. The van der Waals surface area contributed by atoms with E-state index in [2.05, 4.69) is 6.92 Å². The van der Waals surface area contributed by atoms with E-state index in [1.165, 1.54) is 11.8 Å². The van der Waals surface area contributed by atoms with Gasteiger partial charge in [0, 0.05) is 23.0 Å². The Labute approximate surface area is 133 Å². The molecule has 6 heteroatoms. The summed E-state index contributed by atoms with van der Waals surface area (Å²) in [5.74, 6) is 0.504. The third kappa shape index (κ3) is 3.82. The number of rotatable bonds is 4. The maximum absolute atomic E-state index is 12.2. The largest absolute Gasteiger partial charge is 0.341 e. The summed E-state index contributed by atoms with van der Waals surface area (Å²) in [7, 11) is 0. The Hall–Kier alpha value is -0.420. The fourth-order valence-corrected chi connectivity index (χ4v) is 3.62. The quantitative estimate of drug-likeness (QED) is 0.860. The van der Waals surface area contributed by atoms with Crippen molar-refractivity contribution in [1.29, 1.82) is 0 Å². The number of hydrogen-bond acceptors (Lipinski definition) is 3. The first-order valence-electron chi connectivity index (χ1n) is 6.49. The van der Waals surface area contributed by atoms with Crippen LogP contribution in [0.3, 0.4) is 0 Å². The molecule has 1 atom stereocenters. The van der Waals surface area contributed by atoms with Crippen molar-refractivity contribution in [3.05, 3.63) is 28.2 Å². The molecule has 1 aromatic carbocycles. The van der Waals surface area contributed by atoms with Crippen LogP contribution in [0.4, 0.5) is 0 Å². The molecule has 1 heterocycles. The molecule has 0 aromatic heterocycles. The summed E-state index contributed by atoms with van der Waals surface area (Å²) in [4.78, 5) is 14.9. The number of halogens is 2. The highest BCUT2D eigenvalue weighted by Gasteiger charge is 2.34. The van der Waals surface area contributed by atoms with Crippen molar-refractivity contribution in [3.8, 4) is 0 Å². The van der Waals surface area contributed by atoms with Gasteiger partial charge in [-0.3, -0.25) is 4.79 Å². The Morgan fingerprint density at radius 3 is 2.90 bits per heavy atom. The van der Waals surface area contributed by atoms with Crippen molar-refractivity contribution in [2.45, 2.75) is 18.2 Å². The molecule has 1 aliphatic rings. The van der Waals surface area contributed by atoms with Crippen LogP contribution in [0.2, 0.25) is 10.0 Å². The summed E-state index contributed by atoms with van der Waals surface area (Å²) in [5, 5.41) is 1.25. The van der Waals surface area contributed by atoms with Crippen LogP contribution in [0.5, 0.6) is 0 Å². The number of amides is 1. The van der Waals surface area contributed by atoms with E-state index in [1.54, 1.807) is 18.2 Å². The number of nitrogens with zero attached hydrogens (tertiary/aromatic N) is 1. The number of likely N-dealkylation sites (tertiary alicyclic amines) is 1. The van der Waals surface area contributed by atoms with Gasteiger partial charge in [0.25, 0.3) is 0 Å². The summed E-state index contributed by atoms with van der Waals surface area (Å²) in [6, 6.07) is 5.27. The van der Waals surface area contributed by atoms with Gasteiger partial charge in [0.05, 0.1) is 10.8 Å². The van der Waals surface area contributed by atoms with E-state index in [4.69, 9.17) is 28.9 Å². The predicted octanol–water partition coefficient (Wildman–Crippen LogP) is 3.28. The second-order valence-electron chi connectivity index (χ2n) is 5.44. The first-order chi connectivity index (χ1) is 9.43. The van der Waals surface area contributed by atoms with E-state index >= 15 is 0 Å². The zero-order valence-corrected chi connectivity index (χ0v) is 13.7. The predicted molar refractivity (Wildman–Crippen MR) is 85.5 cm³/mol. The highest BCUT2D eigenvalue weighted by molar-refractivity contribution is 8.00. The van der Waals surface area contributed by atoms with Gasteiger partial charge >= 0.3 is 0 Å². The van der Waals surface area contributed by atoms with Gasteiger partial charge in [-0.1, -0.05) is 30.1 Å². The summed E-state index contributed by atoms with van der Waals surface area (Å²) >= 11 is 13.4. The van der Waals surface area contributed by atoms with E-state index < -0.39 is 0 Å². The standard InChI is InChI=1S/C14H18Cl2N2OS/c1-14(8-17)4-5-18(9-14)13(19)7-20-12-6-10(15)2-3-11(12)16/h2-3,6H,4-5,7-9,17H2,1H3. The van der Waals surface area contributed by atoms with Gasteiger partial charge in [0.15, 0.2) is 0 Å². The van der Waals surface area contributed by atoms with Crippen molar-refractivity contribution in [2.75, 3.05) is 25.4 Å². The molecular weight excluding hydrogens is 315 g/mol. The molecule has 0 spiro atoms. The van der Waals surface area contributed by atoms with Crippen LogP contribution in [0.1, 0.15) is 13.3 Å². The van der Waals surface area contributed by atoms with E-state index in [1.807, 2.05) is 4.90 Å². The SMILES string of the molecule is CC1(CN)CCN(C(=O)CSc2cc(Cl)ccc2Cl)C1. The first-order valence-corrected chi connectivity index (χ1v) is 8.23. The lowest BCUT2D eigenvalue weighted by Gasteiger charge is -2.22. The number of nitrogens with two attached hydrogens (primary N) is 1. The maximum Gasteiger partial charge on any atom is 0.232 e. The van der Waals surface area contributed by atoms with Crippen LogP contribution in [-0.2, 0) is 4.79 Å². The van der Waals surface area contributed by atoms with E-state index in [0.717, 1.165) is 24.4 Å². The van der Waals surface area contributed by atoms with E-state index in [9.17, 15) is 4.79 Å². The molecule has 0 aliphatic carbocycles. The van der Waals surface area contributed by atoms with Gasteiger partial charge in [0.1, 0.15) is 0 Å². The van der Waals surface area contributed by atoms with Gasteiger partial charge in [-0.25, -0.2) is 0 Å². The molecule has 1 fully saturated rings. The topological polar surface area (TPSA) is 46.3 Å². The molecule has 0 bridgehead atoms. The smallest absolute Gasteiger partial charge is 0.232 e. The fourth-order valence-electron chi connectivity index (χ4n) is 2.22. The lowest BCUT2D eigenvalue weighted by atomic mass is 9.90. The minimum atomic E-state index is 0.0635. The van der Waals surface area contributed by atoms with Crippen molar-refractivity contribution in [1.82, 2.24) is 4.90 Å². The summed E-state index contributed by atoms with van der Waals surface area (Å²) in [6.07, 6.45) is 0.970. The monoisotopic (exact) mass is 332 g/mol. The third-order valence-electron chi connectivity index (χ3n) is 3.65. The summed E-state index contributed by atoms with van der Waals surface area (Å²) in [5.41, 5.74) is 5.82.